The van der Waals surface area contributed by atoms with Crippen LogP contribution in [-0.4, -0.2) is 39.4 Å². The van der Waals surface area contributed by atoms with Crippen LogP contribution in [0, 0.1) is 5.92 Å². The van der Waals surface area contributed by atoms with Gasteiger partial charge in [0.05, 0.1) is 25.9 Å². The SMILES string of the molecule is COC(=O)c1ccc(OC)c(OC(C)C2CCNCC2)c1. The Balaban J connectivity index is 2.14. The molecule has 1 N–H and O–H groups in total. The molecular weight excluding hydrogens is 270 g/mol. The Morgan fingerprint density at radius 1 is 1.24 bits per heavy atom. The van der Waals surface area contributed by atoms with E-state index in [1.807, 2.05) is 0 Å². The summed E-state index contributed by atoms with van der Waals surface area (Å²) in [5.41, 5.74) is 0.464. The second-order valence-electron chi connectivity index (χ2n) is 5.27. The highest BCUT2D eigenvalue weighted by atomic mass is 16.5. The van der Waals surface area contributed by atoms with Gasteiger partial charge in [-0.15, -0.1) is 0 Å². The van der Waals surface area contributed by atoms with Gasteiger partial charge in [0.2, 0.25) is 0 Å². The van der Waals surface area contributed by atoms with E-state index in [4.69, 9.17) is 14.2 Å². The maximum Gasteiger partial charge on any atom is 0.337 e. The predicted molar refractivity (Wildman–Crippen MR) is 80.0 cm³/mol. The molecule has 1 atom stereocenters. The summed E-state index contributed by atoms with van der Waals surface area (Å²) in [4.78, 5) is 11.6. The van der Waals surface area contributed by atoms with Gasteiger partial charge in [0, 0.05) is 0 Å². The fourth-order valence-electron chi connectivity index (χ4n) is 2.62. The summed E-state index contributed by atoms with van der Waals surface area (Å²) >= 11 is 0. The molecule has 0 saturated carbocycles. The second kappa shape index (κ2) is 7.31. The summed E-state index contributed by atoms with van der Waals surface area (Å²) in [6.07, 6.45) is 2.27. The number of rotatable bonds is 5. The third kappa shape index (κ3) is 3.88. The Kier molecular flexibility index (Phi) is 5.44. The van der Waals surface area contributed by atoms with Gasteiger partial charge in [-0.25, -0.2) is 4.79 Å². The second-order valence-corrected chi connectivity index (χ2v) is 5.27. The number of esters is 1. The Labute approximate surface area is 125 Å². The van der Waals surface area contributed by atoms with Crippen LogP contribution >= 0.6 is 0 Å². The van der Waals surface area contributed by atoms with Crippen molar-refractivity contribution in [2.45, 2.75) is 25.9 Å². The van der Waals surface area contributed by atoms with Crippen LogP contribution in [0.15, 0.2) is 18.2 Å². The molecule has 0 amide bonds. The summed E-state index contributed by atoms with van der Waals surface area (Å²) in [5.74, 6) is 1.35. The van der Waals surface area contributed by atoms with Gasteiger partial charge in [0.25, 0.3) is 0 Å². The van der Waals surface area contributed by atoms with Crippen LogP contribution in [0.3, 0.4) is 0 Å². The lowest BCUT2D eigenvalue weighted by Gasteiger charge is -2.29. The number of benzene rings is 1. The summed E-state index contributed by atoms with van der Waals surface area (Å²) in [5, 5.41) is 3.35. The van der Waals surface area contributed by atoms with E-state index in [0.29, 0.717) is 23.0 Å². The van der Waals surface area contributed by atoms with Gasteiger partial charge in [-0.3, -0.25) is 0 Å². The van der Waals surface area contributed by atoms with E-state index < -0.39 is 0 Å². The molecule has 0 bridgehead atoms. The summed E-state index contributed by atoms with van der Waals surface area (Å²) in [7, 11) is 2.96. The zero-order chi connectivity index (χ0) is 15.2. The van der Waals surface area contributed by atoms with Crippen LogP contribution < -0.4 is 14.8 Å². The first kappa shape index (κ1) is 15.6. The Morgan fingerprint density at radius 2 is 1.95 bits per heavy atom. The number of nitrogens with one attached hydrogen (secondary N) is 1. The predicted octanol–water partition coefficient (Wildman–Crippen LogP) is 2.25. The zero-order valence-electron chi connectivity index (χ0n) is 12.8. The maximum absolute atomic E-state index is 11.6. The minimum absolute atomic E-state index is 0.0777. The van der Waals surface area contributed by atoms with E-state index >= 15 is 0 Å². The molecular formula is C16H23NO4. The minimum atomic E-state index is -0.378. The molecule has 1 unspecified atom stereocenters. The third-order valence-corrected chi connectivity index (χ3v) is 3.95. The standard InChI is InChI=1S/C16H23NO4/c1-11(12-6-8-17-9-7-12)21-15-10-13(16(18)20-3)4-5-14(15)19-2/h4-5,10-12,17H,6-9H2,1-3H3. The molecule has 0 aromatic heterocycles. The molecule has 1 heterocycles. The zero-order valence-corrected chi connectivity index (χ0v) is 12.8. The molecule has 0 spiro atoms. The van der Waals surface area contributed by atoms with Crippen molar-refractivity contribution >= 4 is 5.97 Å². The number of hydrogen-bond donors (Lipinski definition) is 1. The first-order valence-electron chi connectivity index (χ1n) is 7.29. The van der Waals surface area contributed by atoms with Crippen LogP contribution in [0.5, 0.6) is 11.5 Å². The number of piperidine rings is 1. The highest BCUT2D eigenvalue weighted by Gasteiger charge is 2.23. The Bertz CT molecular complexity index is 483. The van der Waals surface area contributed by atoms with Gasteiger partial charge in [-0.2, -0.15) is 0 Å². The van der Waals surface area contributed by atoms with Crippen molar-refractivity contribution in [1.29, 1.82) is 0 Å². The normalized spacial score (nSPS) is 17.1. The van der Waals surface area contributed by atoms with Crippen molar-refractivity contribution < 1.29 is 19.0 Å². The fourth-order valence-corrected chi connectivity index (χ4v) is 2.62. The molecule has 1 aliphatic heterocycles. The highest BCUT2D eigenvalue weighted by Crippen LogP contribution is 2.31. The molecule has 21 heavy (non-hydrogen) atoms. The van der Waals surface area contributed by atoms with Gasteiger partial charge >= 0.3 is 5.97 Å². The van der Waals surface area contributed by atoms with Gasteiger partial charge in [0.15, 0.2) is 11.5 Å². The van der Waals surface area contributed by atoms with E-state index in [1.54, 1.807) is 25.3 Å². The molecule has 0 radical (unpaired) electrons. The smallest absolute Gasteiger partial charge is 0.337 e. The molecule has 2 rings (SSSR count). The van der Waals surface area contributed by atoms with Crippen LogP contribution in [0.4, 0.5) is 0 Å². The topological polar surface area (TPSA) is 56.8 Å². The molecule has 1 saturated heterocycles. The highest BCUT2D eigenvalue weighted by molar-refractivity contribution is 5.90. The lowest BCUT2D eigenvalue weighted by Crippen LogP contribution is -2.35. The average molecular weight is 293 g/mol. The molecule has 1 aromatic carbocycles. The number of ether oxygens (including phenoxy) is 3. The minimum Gasteiger partial charge on any atom is -0.493 e. The van der Waals surface area contributed by atoms with E-state index in [1.165, 1.54) is 7.11 Å². The van der Waals surface area contributed by atoms with E-state index in [9.17, 15) is 4.79 Å². The number of carbonyl (C=O) groups excluding carboxylic acids is 1. The molecule has 5 heteroatoms. The number of methoxy groups -OCH3 is 2. The van der Waals surface area contributed by atoms with Crippen molar-refractivity contribution in [2.24, 2.45) is 5.92 Å². The van der Waals surface area contributed by atoms with E-state index in [2.05, 4.69) is 12.2 Å². The molecule has 1 fully saturated rings. The summed E-state index contributed by atoms with van der Waals surface area (Å²) < 4.78 is 16.1. The average Bonchev–Trinajstić information content (AvgIpc) is 2.54. The van der Waals surface area contributed by atoms with Gasteiger partial charge in [-0.05, 0) is 57.0 Å². The molecule has 1 aliphatic rings. The molecule has 1 aromatic rings. The van der Waals surface area contributed by atoms with Crippen molar-refractivity contribution in [1.82, 2.24) is 5.32 Å². The molecule has 0 aliphatic carbocycles. The van der Waals surface area contributed by atoms with Crippen molar-refractivity contribution in [3.05, 3.63) is 23.8 Å². The molecule has 116 valence electrons. The summed E-state index contributed by atoms with van der Waals surface area (Å²) in [6, 6.07) is 5.09. The van der Waals surface area contributed by atoms with Crippen LogP contribution in [-0.2, 0) is 4.74 Å². The quantitative estimate of drug-likeness (QED) is 0.844. The monoisotopic (exact) mass is 293 g/mol. The maximum atomic E-state index is 11.6. The number of carbonyl (C=O) groups is 1. The van der Waals surface area contributed by atoms with Gasteiger partial charge in [0.1, 0.15) is 0 Å². The van der Waals surface area contributed by atoms with Crippen LogP contribution in [0.25, 0.3) is 0 Å². The van der Waals surface area contributed by atoms with E-state index in [-0.39, 0.29) is 12.1 Å². The van der Waals surface area contributed by atoms with Crippen LogP contribution in [0.2, 0.25) is 0 Å². The molecule has 5 nitrogen and oxygen atoms in total. The Hall–Kier alpha value is -1.75. The summed E-state index contributed by atoms with van der Waals surface area (Å²) in [6.45, 7) is 4.12. The van der Waals surface area contributed by atoms with Gasteiger partial charge in [-0.1, -0.05) is 0 Å². The largest absolute Gasteiger partial charge is 0.493 e. The third-order valence-electron chi connectivity index (χ3n) is 3.95. The first-order chi connectivity index (χ1) is 10.2. The van der Waals surface area contributed by atoms with Crippen molar-refractivity contribution in [2.75, 3.05) is 27.3 Å². The van der Waals surface area contributed by atoms with Crippen LogP contribution in [0.1, 0.15) is 30.1 Å². The van der Waals surface area contributed by atoms with Gasteiger partial charge < -0.3 is 19.5 Å². The van der Waals surface area contributed by atoms with E-state index in [0.717, 1.165) is 25.9 Å². The lowest BCUT2D eigenvalue weighted by molar-refractivity contribution is 0.0599. The first-order valence-corrected chi connectivity index (χ1v) is 7.29. The Morgan fingerprint density at radius 3 is 2.57 bits per heavy atom. The van der Waals surface area contributed by atoms with Crippen molar-refractivity contribution in [3.63, 3.8) is 0 Å². The fraction of sp³-hybridized carbons (Fsp3) is 0.562. The lowest BCUT2D eigenvalue weighted by atomic mass is 9.93. The van der Waals surface area contributed by atoms with Crippen molar-refractivity contribution in [3.8, 4) is 11.5 Å². The number of hydrogen-bond acceptors (Lipinski definition) is 5.